The number of carbonyl (C=O) groups excluding carboxylic acids is 1. The second-order valence-electron chi connectivity index (χ2n) is 5.00. The maximum Gasteiger partial charge on any atom is 0.223 e. The Morgan fingerprint density at radius 3 is 2.41 bits per heavy atom. The molecule has 1 saturated heterocycles. The molecule has 0 aromatic rings. The lowest BCUT2D eigenvalue weighted by molar-refractivity contribution is -0.126. The van der Waals surface area contributed by atoms with Gasteiger partial charge in [-0.05, 0) is 25.7 Å². The number of aliphatic hydroxyl groups excluding tert-OH is 1. The van der Waals surface area contributed by atoms with E-state index in [1.807, 2.05) is 13.8 Å². The van der Waals surface area contributed by atoms with Crippen LogP contribution in [-0.4, -0.2) is 37.4 Å². The van der Waals surface area contributed by atoms with Crippen LogP contribution in [0.15, 0.2) is 0 Å². The van der Waals surface area contributed by atoms with E-state index in [1.54, 1.807) is 0 Å². The third-order valence-corrected chi connectivity index (χ3v) is 3.88. The number of hydrogen-bond acceptors (Lipinski definition) is 3. The van der Waals surface area contributed by atoms with Crippen LogP contribution >= 0.6 is 0 Å². The molecule has 0 spiro atoms. The average molecular weight is 243 g/mol. The van der Waals surface area contributed by atoms with Crippen molar-refractivity contribution in [3.63, 3.8) is 0 Å². The van der Waals surface area contributed by atoms with Crippen LogP contribution < -0.4 is 5.32 Å². The van der Waals surface area contributed by atoms with Gasteiger partial charge in [0.05, 0.1) is 6.61 Å². The quantitative estimate of drug-likeness (QED) is 0.740. The largest absolute Gasteiger partial charge is 0.396 e. The van der Waals surface area contributed by atoms with E-state index in [9.17, 15) is 9.90 Å². The number of ether oxygens (including phenoxy) is 1. The topological polar surface area (TPSA) is 58.6 Å². The minimum absolute atomic E-state index is 0.102. The van der Waals surface area contributed by atoms with Gasteiger partial charge < -0.3 is 15.2 Å². The Hall–Kier alpha value is -0.610. The molecule has 4 nitrogen and oxygen atoms in total. The van der Waals surface area contributed by atoms with E-state index in [4.69, 9.17) is 4.74 Å². The first kappa shape index (κ1) is 14.5. The summed E-state index contributed by atoms with van der Waals surface area (Å²) in [6.45, 7) is 6.12. The van der Waals surface area contributed by atoms with Crippen LogP contribution in [0.2, 0.25) is 0 Å². The van der Waals surface area contributed by atoms with E-state index in [1.165, 1.54) is 0 Å². The van der Waals surface area contributed by atoms with E-state index in [0.29, 0.717) is 19.8 Å². The summed E-state index contributed by atoms with van der Waals surface area (Å²) in [5.41, 5.74) is -0.167. The molecule has 1 aliphatic rings. The van der Waals surface area contributed by atoms with E-state index in [2.05, 4.69) is 5.32 Å². The zero-order valence-corrected chi connectivity index (χ0v) is 11.0. The highest BCUT2D eigenvalue weighted by molar-refractivity contribution is 5.78. The molecule has 1 rings (SSSR count). The molecule has 4 heteroatoms. The van der Waals surface area contributed by atoms with E-state index >= 15 is 0 Å². The molecule has 0 unspecified atom stereocenters. The molecule has 0 radical (unpaired) electrons. The van der Waals surface area contributed by atoms with Gasteiger partial charge in [0.15, 0.2) is 0 Å². The van der Waals surface area contributed by atoms with Gasteiger partial charge in [-0.15, -0.1) is 0 Å². The molecule has 0 aliphatic carbocycles. The Bertz CT molecular complexity index is 233. The summed E-state index contributed by atoms with van der Waals surface area (Å²) in [6, 6.07) is 0. The molecule has 0 saturated carbocycles. The summed E-state index contributed by atoms with van der Waals surface area (Å²) in [5, 5.41) is 12.5. The lowest BCUT2D eigenvalue weighted by atomic mass is 9.81. The van der Waals surface area contributed by atoms with Crippen LogP contribution in [0.25, 0.3) is 0 Å². The first-order chi connectivity index (χ1) is 8.17. The lowest BCUT2D eigenvalue weighted by Crippen LogP contribution is -2.45. The van der Waals surface area contributed by atoms with Crippen molar-refractivity contribution in [1.29, 1.82) is 0 Å². The molecule has 1 fully saturated rings. The predicted molar refractivity (Wildman–Crippen MR) is 66.7 cm³/mol. The summed E-state index contributed by atoms with van der Waals surface area (Å²) in [5.74, 6) is 0.222. The van der Waals surface area contributed by atoms with Crippen molar-refractivity contribution in [2.75, 3.05) is 26.4 Å². The van der Waals surface area contributed by atoms with Crippen molar-refractivity contribution in [3.8, 4) is 0 Å². The maximum atomic E-state index is 11.9. The molecule has 1 aliphatic heterocycles. The highest BCUT2D eigenvalue weighted by Gasteiger charge is 2.32. The van der Waals surface area contributed by atoms with Crippen LogP contribution in [0.4, 0.5) is 0 Å². The molecular weight excluding hydrogens is 218 g/mol. The van der Waals surface area contributed by atoms with Gasteiger partial charge in [-0.1, -0.05) is 13.8 Å². The molecule has 0 aromatic heterocycles. The van der Waals surface area contributed by atoms with Crippen molar-refractivity contribution < 1.29 is 14.6 Å². The zero-order valence-electron chi connectivity index (χ0n) is 11.0. The van der Waals surface area contributed by atoms with Crippen LogP contribution in [0.1, 0.15) is 39.5 Å². The number of hydrogen-bond donors (Lipinski definition) is 2. The monoisotopic (exact) mass is 243 g/mol. The number of carbonyl (C=O) groups is 1. The summed E-state index contributed by atoms with van der Waals surface area (Å²) in [6.07, 6.45) is 3.40. The molecule has 2 N–H and O–H groups in total. The van der Waals surface area contributed by atoms with Crippen LogP contribution in [0.5, 0.6) is 0 Å². The van der Waals surface area contributed by atoms with Crippen LogP contribution in [0, 0.1) is 11.3 Å². The Morgan fingerprint density at radius 2 is 1.94 bits per heavy atom. The fraction of sp³-hybridized carbons (Fsp3) is 0.923. The standard InChI is InChI=1S/C13H25NO3/c1-3-11(4-2)12(16)14-9-13(10-15)5-7-17-8-6-13/h11,15H,3-10H2,1-2H3,(H,14,16). The fourth-order valence-corrected chi connectivity index (χ4v) is 2.27. The second kappa shape index (κ2) is 6.97. The van der Waals surface area contributed by atoms with Crippen molar-refractivity contribution in [2.45, 2.75) is 39.5 Å². The molecule has 100 valence electrons. The van der Waals surface area contributed by atoms with Crippen LogP contribution in [0.3, 0.4) is 0 Å². The summed E-state index contributed by atoms with van der Waals surface area (Å²) < 4.78 is 5.30. The minimum atomic E-state index is -0.167. The summed E-state index contributed by atoms with van der Waals surface area (Å²) in [4.78, 5) is 11.9. The molecule has 17 heavy (non-hydrogen) atoms. The fourth-order valence-electron chi connectivity index (χ4n) is 2.27. The van der Waals surface area contributed by atoms with Gasteiger partial charge in [-0.3, -0.25) is 4.79 Å². The van der Waals surface area contributed by atoms with Crippen molar-refractivity contribution in [3.05, 3.63) is 0 Å². The molecule has 0 bridgehead atoms. The normalized spacial score (nSPS) is 19.3. The SMILES string of the molecule is CCC(CC)C(=O)NCC1(CO)CCOCC1. The van der Waals surface area contributed by atoms with Gasteiger partial charge in [0, 0.05) is 31.1 Å². The molecular formula is C13H25NO3. The van der Waals surface area contributed by atoms with Gasteiger partial charge in [0.2, 0.25) is 5.91 Å². The van der Waals surface area contributed by atoms with Crippen molar-refractivity contribution in [2.24, 2.45) is 11.3 Å². The Morgan fingerprint density at radius 1 is 1.35 bits per heavy atom. The Kier molecular flexibility index (Phi) is 5.92. The Balaban J connectivity index is 2.44. The smallest absolute Gasteiger partial charge is 0.223 e. The van der Waals surface area contributed by atoms with Gasteiger partial charge in [-0.25, -0.2) is 0 Å². The predicted octanol–water partition coefficient (Wildman–Crippen LogP) is 1.33. The molecule has 0 aromatic carbocycles. The number of amides is 1. The van der Waals surface area contributed by atoms with Gasteiger partial charge in [0.25, 0.3) is 0 Å². The first-order valence-corrected chi connectivity index (χ1v) is 6.63. The summed E-state index contributed by atoms with van der Waals surface area (Å²) >= 11 is 0. The third kappa shape index (κ3) is 3.96. The number of rotatable bonds is 6. The van der Waals surface area contributed by atoms with E-state index in [0.717, 1.165) is 25.7 Å². The summed E-state index contributed by atoms with van der Waals surface area (Å²) in [7, 11) is 0. The minimum Gasteiger partial charge on any atom is -0.396 e. The van der Waals surface area contributed by atoms with Gasteiger partial charge >= 0.3 is 0 Å². The van der Waals surface area contributed by atoms with Gasteiger partial charge in [-0.2, -0.15) is 0 Å². The zero-order chi connectivity index (χ0) is 12.7. The molecule has 1 heterocycles. The maximum absolute atomic E-state index is 11.9. The van der Waals surface area contributed by atoms with Crippen molar-refractivity contribution in [1.82, 2.24) is 5.32 Å². The highest BCUT2D eigenvalue weighted by atomic mass is 16.5. The number of nitrogens with one attached hydrogen (secondary N) is 1. The van der Waals surface area contributed by atoms with Crippen LogP contribution in [-0.2, 0) is 9.53 Å². The lowest BCUT2D eigenvalue weighted by Gasteiger charge is -2.35. The third-order valence-electron chi connectivity index (χ3n) is 3.88. The Labute approximate surface area is 104 Å². The van der Waals surface area contributed by atoms with Crippen molar-refractivity contribution >= 4 is 5.91 Å². The highest BCUT2D eigenvalue weighted by Crippen LogP contribution is 2.29. The van der Waals surface area contributed by atoms with E-state index in [-0.39, 0.29) is 23.8 Å². The van der Waals surface area contributed by atoms with Gasteiger partial charge in [0.1, 0.15) is 0 Å². The first-order valence-electron chi connectivity index (χ1n) is 6.63. The number of aliphatic hydroxyl groups is 1. The van der Waals surface area contributed by atoms with E-state index < -0.39 is 0 Å². The second-order valence-corrected chi connectivity index (χ2v) is 5.00. The molecule has 0 atom stereocenters. The molecule has 1 amide bonds. The average Bonchev–Trinajstić information content (AvgIpc) is 2.39.